The van der Waals surface area contributed by atoms with E-state index in [1.54, 1.807) is 6.92 Å². The van der Waals surface area contributed by atoms with Gasteiger partial charge in [-0.2, -0.15) is 0 Å². The lowest BCUT2D eigenvalue weighted by atomic mass is 9.57. The molecule has 1 aliphatic carbocycles. The highest BCUT2D eigenvalue weighted by atomic mass is 16.1. The Hall–Kier alpha value is -1.11. The maximum absolute atomic E-state index is 12.1. The third-order valence-electron chi connectivity index (χ3n) is 5.66. The van der Waals surface area contributed by atoms with Crippen molar-refractivity contribution in [2.45, 2.75) is 78.6 Å². The third kappa shape index (κ3) is 2.56. The van der Waals surface area contributed by atoms with E-state index in [1.807, 2.05) is 0 Å². The van der Waals surface area contributed by atoms with Crippen molar-refractivity contribution in [1.29, 1.82) is 0 Å². The third-order valence-corrected chi connectivity index (χ3v) is 5.66. The van der Waals surface area contributed by atoms with E-state index >= 15 is 0 Å². The number of carbonyl (C=O) groups excluding carboxylic acids is 1. The molecule has 0 amide bonds. The Morgan fingerprint density at radius 1 is 1.14 bits per heavy atom. The fraction of sp³-hybridized carbons (Fsp3) is 0.650. The van der Waals surface area contributed by atoms with Crippen LogP contribution < -0.4 is 0 Å². The van der Waals surface area contributed by atoms with Crippen LogP contribution in [0.4, 0.5) is 0 Å². The molecule has 0 heterocycles. The van der Waals surface area contributed by atoms with Crippen molar-refractivity contribution >= 4 is 5.78 Å². The van der Waals surface area contributed by atoms with Gasteiger partial charge in [0.15, 0.2) is 5.78 Å². The van der Waals surface area contributed by atoms with Crippen molar-refractivity contribution in [3.8, 4) is 0 Å². The molecule has 0 bridgehead atoms. The van der Waals surface area contributed by atoms with Gasteiger partial charge in [0.2, 0.25) is 0 Å². The second-order valence-corrected chi connectivity index (χ2v) is 8.41. The molecule has 0 fully saturated rings. The molecule has 2 rings (SSSR count). The Kier molecular flexibility index (Phi) is 3.85. The highest BCUT2D eigenvalue weighted by Crippen LogP contribution is 2.50. The molecule has 0 saturated heterocycles. The molecule has 0 aliphatic heterocycles. The molecular formula is C20H30O. The molecule has 1 atom stereocenters. The lowest BCUT2D eigenvalue weighted by Crippen LogP contribution is -2.40. The molecule has 0 saturated carbocycles. The summed E-state index contributed by atoms with van der Waals surface area (Å²) in [5, 5.41) is 0. The van der Waals surface area contributed by atoms with Crippen LogP contribution in [0.1, 0.15) is 94.8 Å². The van der Waals surface area contributed by atoms with E-state index in [9.17, 15) is 4.79 Å². The number of hydrogen-bond donors (Lipinski definition) is 0. The summed E-state index contributed by atoms with van der Waals surface area (Å²) in [7, 11) is 0. The maximum Gasteiger partial charge on any atom is 0.160 e. The average molecular weight is 286 g/mol. The molecule has 1 nitrogen and oxygen atoms in total. The molecule has 1 aliphatic rings. The van der Waals surface area contributed by atoms with E-state index in [0.717, 1.165) is 5.56 Å². The van der Waals surface area contributed by atoms with Gasteiger partial charge >= 0.3 is 0 Å². The van der Waals surface area contributed by atoms with Crippen LogP contribution in [-0.2, 0) is 10.8 Å². The minimum Gasteiger partial charge on any atom is -0.295 e. The first-order valence-electron chi connectivity index (χ1n) is 8.18. The van der Waals surface area contributed by atoms with E-state index in [-0.39, 0.29) is 16.6 Å². The first kappa shape index (κ1) is 16.3. The van der Waals surface area contributed by atoms with Gasteiger partial charge in [0.25, 0.3) is 0 Å². The van der Waals surface area contributed by atoms with Gasteiger partial charge < -0.3 is 0 Å². The minimum atomic E-state index is 0.143. The smallest absolute Gasteiger partial charge is 0.160 e. The van der Waals surface area contributed by atoms with Gasteiger partial charge in [-0.25, -0.2) is 0 Å². The summed E-state index contributed by atoms with van der Waals surface area (Å²) in [5.74, 6) is 1.21. The second kappa shape index (κ2) is 4.97. The zero-order chi connectivity index (χ0) is 16.2. The first-order valence-corrected chi connectivity index (χ1v) is 8.18. The zero-order valence-corrected chi connectivity index (χ0v) is 14.9. The fourth-order valence-electron chi connectivity index (χ4n) is 3.89. The average Bonchev–Trinajstić information content (AvgIpc) is 2.34. The van der Waals surface area contributed by atoms with E-state index in [2.05, 4.69) is 60.6 Å². The van der Waals surface area contributed by atoms with Crippen molar-refractivity contribution < 1.29 is 4.79 Å². The van der Waals surface area contributed by atoms with Crippen molar-refractivity contribution in [1.82, 2.24) is 0 Å². The minimum absolute atomic E-state index is 0.143. The van der Waals surface area contributed by atoms with E-state index in [1.165, 1.54) is 23.1 Å². The normalized spacial score (nSPS) is 23.0. The highest BCUT2D eigenvalue weighted by Gasteiger charge is 2.42. The second-order valence-electron chi connectivity index (χ2n) is 8.41. The number of ketones is 1. The SMILES string of the molecule is CC(=O)c1cc2c(cc1C(C)C)C(C)(C)[C@@H](C)CC2(C)C. The molecule has 1 heteroatoms. The standard InChI is InChI=1S/C20H30O/c1-12(2)15-9-18-17(10-16(15)14(4)21)19(5,6)11-13(3)20(18,7)8/h9-10,12-13H,11H2,1-8H3/t13-/m0/s1. The van der Waals surface area contributed by atoms with Crippen molar-refractivity contribution in [2.24, 2.45) is 5.92 Å². The van der Waals surface area contributed by atoms with Gasteiger partial charge in [-0.1, -0.05) is 54.5 Å². The zero-order valence-electron chi connectivity index (χ0n) is 14.9. The first-order chi connectivity index (χ1) is 9.48. The molecule has 0 unspecified atom stereocenters. The topological polar surface area (TPSA) is 17.1 Å². The van der Waals surface area contributed by atoms with Crippen LogP contribution in [0.5, 0.6) is 0 Å². The molecule has 116 valence electrons. The summed E-state index contributed by atoms with van der Waals surface area (Å²) in [5.41, 5.74) is 5.26. The summed E-state index contributed by atoms with van der Waals surface area (Å²) >= 11 is 0. The molecular weight excluding hydrogens is 256 g/mol. The number of fused-ring (bicyclic) bond motifs is 1. The van der Waals surface area contributed by atoms with Gasteiger partial charge in [0.05, 0.1) is 0 Å². The maximum atomic E-state index is 12.1. The predicted octanol–water partition coefficient (Wildman–Crippen LogP) is 5.61. The lowest BCUT2D eigenvalue weighted by molar-refractivity contribution is 0.101. The van der Waals surface area contributed by atoms with Crippen LogP contribution in [0.2, 0.25) is 0 Å². The quantitative estimate of drug-likeness (QED) is 0.646. The summed E-state index contributed by atoms with van der Waals surface area (Å²) in [6.07, 6.45) is 1.17. The van der Waals surface area contributed by atoms with Crippen LogP contribution in [0.25, 0.3) is 0 Å². The Labute approximate surface area is 130 Å². The Bertz CT molecular complexity index is 576. The van der Waals surface area contributed by atoms with Crippen molar-refractivity contribution in [3.05, 3.63) is 34.4 Å². The molecule has 0 aromatic heterocycles. The molecule has 0 spiro atoms. The molecule has 1 aromatic carbocycles. The molecule has 1 aromatic rings. The van der Waals surface area contributed by atoms with Gasteiger partial charge in [0, 0.05) is 5.56 Å². The number of carbonyl (C=O) groups is 1. The predicted molar refractivity (Wildman–Crippen MR) is 90.4 cm³/mol. The largest absolute Gasteiger partial charge is 0.295 e. The molecule has 0 N–H and O–H groups in total. The molecule has 21 heavy (non-hydrogen) atoms. The van der Waals surface area contributed by atoms with Crippen LogP contribution >= 0.6 is 0 Å². The van der Waals surface area contributed by atoms with Crippen LogP contribution in [-0.4, -0.2) is 5.78 Å². The van der Waals surface area contributed by atoms with Crippen LogP contribution in [0.15, 0.2) is 12.1 Å². The lowest BCUT2D eigenvalue weighted by Gasteiger charge is -2.47. The van der Waals surface area contributed by atoms with Crippen LogP contribution in [0, 0.1) is 5.92 Å². The van der Waals surface area contributed by atoms with Crippen molar-refractivity contribution in [2.75, 3.05) is 0 Å². The van der Waals surface area contributed by atoms with Gasteiger partial charge in [-0.15, -0.1) is 0 Å². The number of rotatable bonds is 2. The van der Waals surface area contributed by atoms with Gasteiger partial charge in [-0.05, 0) is 58.8 Å². The van der Waals surface area contributed by atoms with E-state index in [4.69, 9.17) is 0 Å². The van der Waals surface area contributed by atoms with Crippen LogP contribution in [0.3, 0.4) is 0 Å². The summed E-state index contributed by atoms with van der Waals surface area (Å²) < 4.78 is 0. The van der Waals surface area contributed by atoms with E-state index in [0.29, 0.717) is 11.8 Å². The summed E-state index contributed by atoms with van der Waals surface area (Å²) in [6, 6.07) is 4.52. The van der Waals surface area contributed by atoms with Gasteiger partial charge in [0.1, 0.15) is 0 Å². The Morgan fingerprint density at radius 3 is 2.19 bits per heavy atom. The highest BCUT2D eigenvalue weighted by molar-refractivity contribution is 5.96. The molecule has 0 radical (unpaired) electrons. The Morgan fingerprint density at radius 2 is 1.71 bits per heavy atom. The summed E-state index contributed by atoms with van der Waals surface area (Å²) in [4.78, 5) is 12.1. The fourth-order valence-corrected chi connectivity index (χ4v) is 3.89. The monoisotopic (exact) mass is 286 g/mol. The number of benzene rings is 1. The van der Waals surface area contributed by atoms with Gasteiger partial charge in [-0.3, -0.25) is 4.79 Å². The summed E-state index contributed by atoms with van der Waals surface area (Å²) in [6.45, 7) is 17.7. The number of hydrogen-bond acceptors (Lipinski definition) is 1. The van der Waals surface area contributed by atoms with E-state index < -0.39 is 0 Å². The Balaban J connectivity index is 2.80. The number of Topliss-reactive ketones (excluding diaryl/α,β-unsaturated/α-hetero) is 1. The van der Waals surface area contributed by atoms with Crippen molar-refractivity contribution in [3.63, 3.8) is 0 Å².